The Bertz CT molecular complexity index is 940. The number of nitrogens with zero attached hydrogens (tertiary/aromatic N) is 4. The van der Waals surface area contributed by atoms with Crippen molar-refractivity contribution in [2.75, 3.05) is 11.4 Å². The van der Waals surface area contributed by atoms with Gasteiger partial charge in [-0.05, 0) is 37.3 Å². The van der Waals surface area contributed by atoms with Crippen molar-refractivity contribution >= 4 is 27.5 Å². The number of benzene rings is 1. The Labute approximate surface area is 153 Å². The Kier molecular flexibility index (Phi) is 4.01. The summed E-state index contributed by atoms with van der Waals surface area (Å²) in [6, 6.07) is 11.4. The first-order chi connectivity index (χ1) is 12.1. The number of carbonyl (C=O) groups is 1. The van der Waals surface area contributed by atoms with Crippen molar-refractivity contribution in [3.8, 4) is 11.6 Å². The van der Waals surface area contributed by atoms with Gasteiger partial charge in [-0.15, -0.1) is 0 Å². The summed E-state index contributed by atoms with van der Waals surface area (Å²) in [5.41, 5.74) is 2.08. The summed E-state index contributed by atoms with van der Waals surface area (Å²) in [6.45, 7) is 2.39. The number of fused-ring (bicyclic) bond motifs is 1. The molecule has 4 rings (SSSR count). The van der Waals surface area contributed by atoms with Gasteiger partial charge < -0.3 is 4.74 Å². The summed E-state index contributed by atoms with van der Waals surface area (Å²) in [6.07, 6.45) is 4.86. The van der Waals surface area contributed by atoms with Gasteiger partial charge in [-0.3, -0.25) is 9.69 Å². The maximum Gasteiger partial charge on any atom is 0.261 e. The van der Waals surface area contributed by atoms with E-state index in [-0.39, 0.29) is 12.0 Å². The molecular formula is C18H15BrN4O2. The van der Waals surface area contributed by atoms with Crippen molar-refractivity contribution in [2.45, 2.75) is 13.0 Å². The van der Waals surface area contributed by atoms with Crippen LogP contribution in [0.25, 0.3) is 5.69 Å². The van der Waals surface area contributed by atoms with Crippen LogP contribution in [0, 0.1) is 0 Å². The van der Waals surface area contributed by atoms with Crippen LogP contribution >= 0.6 is 15.9 Å². The molecule has 0 spiro atoms. The molecule has 1 atom stereocenters. The zero-order valence-electron chi connectivity index (χ0n) is 13.5. The molecule has 1 aliphatic rings. The third-order valence-electron chi connectivity index (χ3n) is 3.94. The second-order valence-corrected chi connectivity index (χ2v) is 6.74. The summed E-state index contributed by atoms with van der Waals surface area (Å²) in [7, 11) is 0. The number of hydrogen-bond acceptors (Lipinski definition) is 4. The van der Waals surface area contributed by atoms with E-state index in [2.05, 4.69) is 26.0 Å². The van der Waals surface area contributed by atoms with E-state index in [1.807, 2.05) is 37.3 Å². The van der Waals surface area contributed by atoms with Gasteiger partial charge in [-0.1, -0.05) is 22.0 Å². The fourth-order valence-electron chi connectivity index (χ4n) is 2.80. The van der Waals surface area contributed by atoms with Gasteiger partial charge in [-0.2, -0.15) is 5.10 Å². The van der Waals surface area contributed by atoms with Crippen molar-refractivity contribution < 1.29 is 9.53 Å². The molecule has 3 heterocycles. The van der Waals surface area contributed by atoms with Crippen LogP contribution in [0.3, 0.4) is 0 Å². The molecule has 126 valence electrons. The maximum absolute atomic E-state index is 13.0. The molecule has 1 unspecified atom stereocenters. The highest BCUT2D eigenvalue weighted by Crippen LogP contribution is 2.31. The number of ether oxygens (including phenoxy) is 1. The Morgan fingerprint density at radius 1 is 1.32 bits per heavy atom. The number of pyridine rings is 1. The second-order valence-electron chi connectivity index (χ2n) is 5.83. The number of amides is 1. The van der Waals surface area contributed by atoms with Gasteiger partial charge in [-0.25, -0.2) is 9.67 Å². The number of hydrogen-bond donors (Lipinski definition) is 0. The lowest BCUT2D eigenvalue weighted by molar-refractivity contribution is 0.0958. The minimum atomic E-state index is -0.120. The summed E-state index contributed by atoms with van der Waals surface area (Å²) in [5.74, 6) is 0.361. The number of halogens is 1. The number of aromatic nitrogens is 3. The lowest BCUT2D eigenvalue weighted by atomic mass is 10.2. The van der Waals surface area contributed by atoms with E-state index in [1.165, 1.54) is 0 Å². The van der Waals surface area contributed by atoms with Crippen LogP contribution < -0.4 is 9.64 Å². The van der Waals surface area contributed by atoms with Gasteiger partial charge >= 0.3 is 0 Å². The largest absolute Gasteiger partial charge is 0.471 e. The quantitative estimate of drug-likeness (QED) is 0.662. The fraction of sp³-hybridized carbons (Fsp3) is 0.167. The maximum atomic E-state index is 13.0. The first-order valence-corrected chi connectivity index (χ1v) is 8.65. The predicted octanol–water partition coefficient (Wildman–Crippen LogP) is 3.46. The number of rotatable bonds is 2. The van der Waals surface area contributed by atoms with Gasteiger partial charge in [0.05, 0.1) is 24.0 Å². The normalized spacial score (nSPS) is 16.2. The Hall–Kier alpha value is -2.67. The first-order valence-electron chi connectivity index (χ1n) is 7.86. The average Bonchev–Trinajstić information content (AvgIpc) is 3.10. The molecule has 1 aromatic carbocycles. The molecule has 1 amide bonds. The molecule has 6 nitrogen and oxygen atoms in total. The highest BCUT2D eigenvalue weighted by Gasteiger charge is 2.29. The molecule has 7 heteroatoms. The summed E-state index contributed by atoms with van der Waals surface area (Å²) in [5, 5.41) is 4.32. The van der Waals surface area contributed by atoms with E-state index in [0.717, 1.165) is 10.2 Å². The molecule has 0 bridgehead atoms. The number of carbonyl (C=O) groups excluding carboxylic acids is 1. The van der Waals surface area contributed by atoms with Crippen LogP contribution in [0.15, 0.2) is 59.5 Å². The molecule has 1 aliphatic heterocycles. The molecule has 0 radical (unpaired) electrons. The van der Waals surface area contributed by atoms with Gasteiger partial charge in [0, 0.05) is 16.9 Å². The topological polar surface area (TPSA) is 60.2 Å². The second kappa shape index (κ2) is 6.33. The first kappa shape index (κ1) is 15.8. The minimum Gasteiger partial charge on any atom is -0.471 e. The van der Waals surface area contributed by atoms with Crippen molar-refractivity contribution in [3.05, 3.63) is 65.0 Å². The van der Waals surface area contributed by atoms with Crippen LogP contribution in [-0.4, -0.2) is 33.3 Å². The summed E-state index contributed by atoms with van der Waals surface area (Å²) >= 11 is 3.45. The van der Waals surface area contributed by atoms with E-state index in [1.54, 1.807) is 34.2 Å². The van der Waals surface area contributed by atoms with Crippen molar-refractivity contribution in [1.29, 1.82) is 0 Å². The smallest absolute Gasteiger partial charge is 0.261 e. The van der Waals surface area contributed by atoms with Crippen LogP contribution in [0.4, 0.5) is 5.69 Å². The van der Waals surface area contributed by atoms with E-state index in [4.69, 9.17) is 4.74 Å². The van der Waals surface area contributed by atoms with E-state index in [9.17, 15) is 4.79 Å². The van der Waals surface area contributed by atoms with Gasteiger partial charge in [0.15, 0.2) is 0 Å². The standard InChI is InChI=1S/C18H15BrN4O2/c1-12-10-22(16-6-3-7-20-17(16)25-12)18(24)13-9-21-23(11-13)15-5-2-4-14(19)8-15/h2-9,11-12H,10H2,1H3. The minimum absolute atomic E-state index is 0.119. The van der Waals surface area contributed by atoms with Crippen LogP contribution in [-0.2, 0) is 0 Å². The van der Waals surface area contributed by atoms with Crippen LogP contribution in [0.2, 0.25) is 0 Å². The summed E-state index contributed by atoms with van der Waals surface area (Å²) in [4.78, 5) is 18.9. The number of anilines is 1. The van der Waals surface area contributed by atoms with Gasteiger partial charge in [0.1, 0.15) is 11.8 Å². The molecule has 0 N–H and O–H groups in total. The zero-order chi connectivity index (χ0) is 17.4. The van der Waals surface area contributed by atoms with Crippen molar-refractivity contribution in [2.24, 2.45) is 0 Å². The lowest BCUT2D eigenvalue weighted by Gasteiger charge is -2.32. The molecule has 0 aliphatic carbocycles. The average molecular weight is 399 g/mol. The van der Waals surface area contributed by atoms with Crippen molar-refractivity contribution in [3.63, 3.8) is 0 Å². The van der Waals surface area contributed by atoms with E-state index in [0.29, 0.717) is 23.7 Å². The SMILES string of the molecule is CC1CN(C(=O)c2cnn(-c3cccc(Br)c3)c2)c2cccnc2O1. The third-order valence-corrected chi connectivity index (χ3v) is 4.44. The molecule has 3 aromatic rings. The molecule has 2 aromatic heterocycles. The Morgan fingerprint density at radius 3 is 3.04 bits per heavy atom. The van der Waals surface area contributed by atoms with Crippen LogP contribution in [0.5, 0.6) is 5.88 Å². The Morgan fingerprint density at radius 2 is 2.20 bits per heavy atom. The zero-order valence-corrected chi connectivity index (χ0v) is 15.0. The van der Waals surface area contributed by atoms with Crippen LogP contribution in [0.1, 0.15) is 17.3 Å². The van der Waals surface area contributed by atoms with Gasteiger partial charge in [0.2, 0.25) is 5.88 Å². The summed E-state index contributed by atoms with van der Waals surface area (Å²) < 4.78 is 8.35. The Balaban J connectivity index is 1.66. The third kappa shape index (κ3) is 3.02. The molecule has 0 saturated carbocycles. The molecular weight excluding hydrogens is 384 g/mol. The van der Waals surface area contributed by atoms with E-state index < -0.39 is 0 Å². The molecule has 25 heavy (non-hydrogen) atoms. The highest BCUT2D eigenvalue weighted by molar-refractivity contribution is 9.10. The lowest BCUT2D eigenvalue weighted by Crippen LogP contribution is -2.42. The monoisotopic (exact) mass is 398 g/mol. The van der Waals surface area contributed by atoms with Crippen molar-refractivity contribution in [1.82, 2.24) is 14.8 Å². The fourth-order valence-corrected chi connectivity index (χ4v) is 3.19. The van der Waals surface area contributed by atoms with E-state index >= 15 is 0 Å². The predicted molar refractivity (Wildman–Crippen MR) is 97.3 cm³/mol. The molecule has 0 saturated heterocycles. The van der Waals surface area contributed by atoms with Gasteiger partial charge in [0.25, 0.3) is 5.91 Å². The highest BCUT2D eigenvalue weighted by atomic mass is 79.9. The molecule has 0 fully saturated rings.